The number of fused-ring (bicyclic) bond motifs is 4. The molecule has 0 bridgehead atoms. The summed E-state index contributed by atoms with van der Waals surface area (Å²) in [5.74, 6) is 0.737. The Hall–Kier alpha value is -0.600. The molecule has 0 aromatic carbocycles. The average Bonchev–Trinajstić information content (AvgIpc) is 2.76. The van der Waals surface area contributed by atoms with E-state index in [4.69, 9.17) is 5.73 Å². The molecule has 0 heterocycles. The van der Waals surface area contributed by atoms with Gasteiger partial charge in [-0.05, 0) is 62.7 Å². The van der Waals surface area contributed by atoms with Gasteiger partial charge in [0.1, 0.15) is 0 Å². The molecule has 0 aromatic heterocycles. The van der Waals surface area contributed by atoms with E-state index in [0.29, 0.717) is 11.5 Å². The lowest BCUT2D eigenvalue weighted by Gasteiger charge is -2.51. The van der Waals surface area contributed by atoms with E-state index in [2.05, 4.69) is 19.9 Å². The molecule has 21 heavy (non-hydrogen) atoms. The van der Waals surface area contributed by atoms with Crippen molar-refractivity contribution in [2.45, 2.75) is 77.4 Å². The van der Waals surface area contributed by atoms with Crippen molar-refractivity contribution in [2.24, 2.45) is 22.5 Å². The number of rotatable bonds is 0. The highest BCUT2D eigenvalue weighted by molar-refractivity contribution is 5.42. The SMILES string of the molecule is C[C@]12CC[C@H](O)C=C1CCC1=C2CC[C@]2(C)C(N)CC[C@@H]12. The van der Waals surface area contributed by atoms with E-state index in [9.17, 15) is 5.11 Å². The van der Waals surface area contributed by atoms with Crippen molar-refractivity contribution in [2.75, 3.05) is 0 Å². The molecule has 4 aliphatic rings. The van der Waals surface area contributed by atoms with E-state index in [0.717, 1.165) is 25.2 Å². The normalized spacial score (nSPS) is 49.3. The van der Waals surface area contributed by atoms with Crippen LogP contribution in [0.2, 0.25) is 0 Å². The van der Waals surface area contributed by atoms with Gasteiger partial charge in [0.05, 0.1) is 6.10 Å². The lowest BCUT2D eigenvalue weighted by atomic mass is 9.54. The Morgan fingerprint density at radius 1 is 1.10 bits per heavy atom. The minimum absolute atomic E-state index is 0.205. The molecule has 0 radical (unpaired) electrons. The van der Waals surface area contributed by atoms with Gasteiger partial charge in [0.15, 0.2) is 0 Å². The highest BCUT2D eigenvalue weighted by Crippen LogP contribution is 2.62. The van der Waals surface area contributed by atoms with E-state index >= 15 is 0 Å². The third-order valence-corrected chi connectivity index (χ3v) is 7.50. The number of aliphatic hydroxyl groups is 1. The van der Waals surface area contributed by atoms with Gasteiger partial charge in [-0.1, -0.05) is 36.6 Å². The Bertz CT molecular complexity index is 534. The van der Waals surface area contributed by atoms with Crippen LogP contribution in [0.4, 0.5) is 0 Å². The molecule has 116 valence electrons. The maximum Gasteiger partial charge on any atom is 0.0724 e. The molecule has 3 N–H and O–H groups in total. The third-order valence-electron chi connectivity index (χ3n) is 7.50. The van der Waals surface area contributed by atoms with Crippen molar-refractivity contribution in [3.63, 3.8) is 0 Å². The van der Waals surface area contributed by atoms with Crippen LogP contribution in [0.25, 0.3) is 0 Å². The minimum Gasteiger partial charge on any atom is -0.389 e. The molecule has 4 aliphatic carbocycles. The molecule has 0 saturated heterocycles. The summed E-state index contributed by atoms with van der Waals surface area (Å²) in [6.45, 7) is 4.88. The lowest BCUT2D eigenvalue weighted by molar-refractivity contribution is 0.149. The molecule has 0 aliphatic heterocycles. The van der Waals surface area contributed by atoms with E-state index < -0.39 is 0 Å². The number of hydrogen-bond donors (Lipinski definition) is 2. The summed E-state index contributed by atoms with van der Waals surface area (Å²) in [6, 6.07) is 0.398. The van der Waals surface area contributed by atoms with Gasteiger partial charge in [-0.25, -0.2) is 0 Å². The van der Waals surface area contributed by atoms with Crippen LogP contribution in [0.1, 0.15) is 65.2 Å². The predicted octanol–water partition coefficient (Wildman–Crippen LogP) is 3.70. The summed E-state index contributed by atoms with van der Waals surface area (Å²) in [4.78, 5) is 0. The summed E-state index contributed by atoms with van der Waals surface area (Å²) in [5.41, 5.74) is 12.1. The molecule has 0 aromatic rings. The topological polar surface area (TPSA) is 46.2 Å². The zero-order valence-corrected chi connectivity index (χ0v) is 13.5. The number of allylic oxidation sites excluding steroid dienone is 3. The van der Waals surface area contributed by atoms with Crippen LogP contribution >= 0.6 is 0 Å². The molecule has 1 unspecified atom stereocenters. The second kappa shape index (κ2) is 4.45. The largest absolute Gasteiger partial charge is 0.389 e. The molecule has 0 amide bonds. The molecule has 2 heteroatoms. The van der Waals surface area contributed by atoms with Crippen LogP contribution in [0.5, 0.6) is 0 Å². The molecule has 1 fully saturated rings. The fourth-order valence-electron chi connectivity index (χ4n) is 5.99. The van der Waals surface area contributed by atoms with Gasteiger partial charge in [-0.2, -0.15) is 0 Å². The van der Waals surface area contributed by atoms with E-state index in [1.54, 1.807) is 11.1 Å². The Morgan fingerprint density at radius 3 is 2.71 bits per heavy atom. The second-order valence-electron chi connectivity index (χ2n) is 8.38. The van der Waals surface area contributed by atoms with Crippen molar-refractivity contribution >= 4 is 0 Å². The van der Waals surface area contributed by atoms with Gasteiger partial charge in [0.2, 0.25) is 0 Å². The second-order valence-corrected chi connectivity index (χ2v) is 8.38. The van der Waals surface area contributed by atoms with Crippen LogP contribution < -0.4 is 5.73 Å². The first-order valence-electron chi connectivity index (χ1n) is 8.82. The average molecular weight is 287 g/mol. The van der Waals surface area contributed by atoms with Crippen LogP contribution in [0.15, 0.2) is 22.8 Å². The van der Waals surface area contributed by atoms with Gasteiger partial charge in [-0.3, -0.25) is 0 Å². The Morgan fingerprint density at radius 2 is 1.90 bits per heavy atom. The zero-order chi connectivity index (χ0) is 14.8. The van der Waals surface area contributed by atoms with Gasteiger partial charge in [0.25, 0.3) is 0 Å². The molecule has 1 saturated carbocycles. The first-order valence-corrected chi connectivity index (χ1v) is 8.82. The third kappa shape index (κ3) is 1.78. The van der Waals surface area contributed by atoms with Crippen molar-refractivity contribution < 1.29 is 5.11 Å². The minimum atomic E-state index is -0.205. The van der Waals surface area contributed by atoms with Crippen molar-refractivity contribution in [3.05, 3.63) is 22.8 Å². The lowest BCUT2D eigenvalue weighted by Crippen LogP contribution is -2.44. The summed E-state index contributed by atoms with van der Waals surface area (Å²) in [7, 11) is 0. The maximum absolute atomic E-state index is 9.98. The molecule has 2 nitrogen and oxygen atoms in total. The van der Waals surface area contributed by atoms with Crippen molar-refractivity contribution in [1.29, 1.82) is 0 Å². The van der Waals surface area contributed by atoms with Crippen LogP contribution in [-0.4, -0.2) is 17.3 Å². The fraction of sp³-hybridized carbons (Fsp3) is 0.789. The van der Waals surface area contributed by atoms with Crippen molar-refractivity contribution in [3.8, 4) is 0 Å². The molecule has 0 spiro atoms. The van der Waals surface area contributed by atoms with Gasteiger partial charge < -0.3 is 10.8 Å². The number of nitrogens with two attached hydrogens (primary N) is 1. The van der Waals surface area contributed by atoms with Crippen molar-refractivity contribution in [1.82, 2.24) is 0 Å². The standard InChI is InChI=1S/C19H29NO/c1-18-9-7-13(21)11-12(18)3-4-14-15-5-6-17(20)19(15,2)10-8-16(14)18/h11,13,15,17,21H,3-10,20H2,1-2H3/t13-,15-,17?,18-,19-/m0/s1. The summed E-state index contributed by atoms with van der Waals surface area (Å²) in [6.07, 6.45) is 11.4. The smallest absolute Gasteiger partial charge is 0.0724 e. The highest BCUT2D eigenvalue weighted by atomic mass is 16.3. The van der Waals surface area contributed by atoms with E-state index in [-0.39, 0.29) is 11.5 Å². The summed E-state index contributed by atoms with van der Waals surface area (Å²) >= 11 is 0. The van der Waals surface area contributed by atoms with Crippen LogP contribution in [0.3, 0.4) is 0 Å². The molecular weight excluding hydrogens is 258 g/mol. The zero-order valence-electron chi connectivity index (χ0n) is 13.5. The quantitative estimate of drug-likeness (QED) is 0.667. The predicted molar refractivity (Wildman–Crippen MR) is 85.7 cm³/mol. The Kier molecular flexibility index (Phi) is 2.97. The monoisotopic (exact) mass is 287 g/mol. The fourth-order valence-corrected chi connectivity index (χ4v) is 5.99. The van der Waals surface area contributed by atoms with Crippen LogP contribution in [-0.2, 0) is 0 Å². The summed E-state index contributed by atoms with van der Waals surface area (Å²) in [5, 5.41) is 9.98. The van der Waals surface area contributed by atoms with Gasteiger partial charge in [0, 0.05) is 11.5 Å². The van der Waals surface area contributed by atoms with Gasteiger partial charge >= 0.3 is 0 Å². The number of hydrogen-bond acceptors (Lipinski definition) is 2. The molecule has 4 rings (SSSR count). The Labute approximate surface area is 128 Å². The highest BCUT2D eigenvalue weighted by Gasteiger charge is 2.52. The molecule has 5 atom stereocenters. The van der Waals surface area contributed by atoms with E-state index in [1.807, 2.05) is 0 Å². The number of aliphatic hydroxyl groups excluding tert-OH is 1. The first-order chi connectivity index (χ1) is 9.95. The van der Waals surface area contributed by atoms with Crippen LogP contribution in [0, 0.1) is 16.7 Å². The molecular formula is C19H29NO. The van der Waals surface area contributed by atoms with Gasteiger partial charge in [-0.15, -0.1) is 0 Å². The summed E-state index contributed by atoms with van der Waals surface area (Å²) < 4.78 is 0. The maximum atomic E-state index is 9.98. The first kappa shape index (κ1) is 14.0. The Balaban J connectivity index is 1.78. The van der Waals surface area contributed by atoms with E-state index in [1.165, 1.54) is 37.7 Å².